The number of fused-ring (bicyclic) bond motifs is 1. The maximum Gasteiger partial charge on any atom is 0.337 e. The third-order valence-corrected chi connectivity index (χ3v) is 4.70. The van der Waals surface area contributed by atoms with Crippen LogP contribution in [0.25, 0.3) is 16.9 Å². The third kappa shape index (κ3) is 2.99. The first-order chi connectivity index (χ1) is 13.6. The van der Waals surface area contributed by atoms with E-state index in [1.807, 2.05) is 61.5 Å². The van der Waals surface area contributed by atoms with Crippen molar-refractivity contribution >= 4 is 11.2 Å². The Morgan fingerprint density at radius 1 is 1.04 bits per heavy atom. The molecule has 0 bridgehead atoms. The number of imidazole rings is 1. The molecule has 6 heteroatoms. The molecule has 0 saturated heterocycles. The molecule has 0 radical (unpaired) electrons. The number of nitrogens with zero attached hydrogens (tertiary/aromatic N) is 4. The van der Waals surface area contributed by atoms with Gasteiger partial charge < -0.3 is 4.57 Å². The molecular formula is C22H20N4O2. The summed E-state index contributed by atoms with van der Waals surface area (Å²) in [5.74, 6) is 0. The largest absolute Gasteiger partial charge is 0.337 e. The van der Waals surface area contributed by atoms with Crippen LogP contribution in [-0.4, -0.2) is 18.7 Å². The van der Waals surface area contributed by atoms with Crippen LogP contribution in [0.4, 0.5) is 0 Å². The summed E-state index contributed by atoms with van der Waals surface area (Å²) in [5, 5.41) is 0. The number of rotatable bonds is 5. The Morgan fingerprint density at radius 2 is 1.75 bits per heavy atom. The predicted molar refractivity (Wildman–Crippen MR) is 110 cm³/mol. The monoisotopic (exact) mass is 372 g/mol. The molecule has 0 amide bonds. The molecule has 28 heavy (non-hydrogen) atoms. The predicted octanol–water partition coefficient (Wildman–Crippen LogP) is 2.89. The van der Waals surface area contributed by atoms with Crippen LogP contribution in [-0.2, 0) is 13.1 Å². The zero-order chi connectivity index (χ0) is 19.7. The summed E-state index contributed by atoms with van der Waals surface area (Å²) in [4.78, 5) is 30.9. The normalized spacial score (nSPS) is 11.0. The number of aromatic nitrogens is 4. The molecule has 2 aromatic carbocycles. The second-order valence-corrected chi connectivity index (χ2v) is 6.69. The van der Waals surface area contributed by atoms with Crippen LogP contribution in [0.15, 0.2) is 83.2 Å². The average molecular weight is 372 g/mol. The Balaban J connectivity index is 2.04. The summed E-state index contributed by atoms with van der Waals surface area (Å²) < 4.78 is 4.48. The first kappa shape index (κ1) is 17.7. The van der Waals surface area contributed by atoms with Crippen LogP contribution < -0.4 is 11.2 Å². The van der Waals surface area contributed by atoms with Crippen molar-refractivity contribution < 1.29 is 0 Å². The second kappa shape index (κ2) is 7.15. The molecule has 140 valence electrons. The summed E-state index contributed by atoms with van der Waals surface area (Å²) in [5.41, 5.74) is 2.61. The van der Waals surface area contributed by atoms with Gasteiger partial charge in [0.1, 0.15) is 0 Å². The molecule has 0 spiro atoms. The Bertz CT molecular complexity index is 1260. The minimum absolute atomic E-state index is 0.194. The van der Waals surface area contributed by atoms with E-state index in [1.165, 1.54) is 9.13 Å². The lowest BCUT2D eigenvalue weighted by atomic mass is 10.2. The van der Waals surface area contributed by atoms with Gasteiger partial charge in [-0.15, -0.1) is 6.58 Å². The SMILES string of the molecule is C=CCn1cnc2c1c(=O)n(Cc1ccccc1)c(=O)n2-c1ccc(C)cc1. The quantitative estimate of drug-likeness (QED) is 0.506. The number of aryl methyl sites for hydroxylation is 1. The van der Waals surface area contributed by atoms with Crippen LogP contribution in [0.2, 0.25) is 0 Å². The number of allylic oxidation sites excluding steroid dienone is 1. The standard InChI is InChI=1S/C22H20N4O2/c1-3-13-24-15-23-20-19(24)21(27)25(14-17-7-5-4-6-8-17)22(28)26(20)18-11-9-16(2)10-12-18/h3-12,15H,1,13-14H2,2H3. The molecule has 2 aromatic heterocycles. The molecule has 0 fully saturated rings. The van der Waals surface area contributed by atoms with Gasteiger partial charge in [-0.25, -0.2) is 14.3 Å². The molecule has 4 aromatic rings. The van der Waals surface area contributed by atoms with Crippen molar-refractivity contribution in [3.63, 3.8) is 0 Å². The minimum atomic E-state index is -0.408. The summed E-state index contributed by atoms with van der Waals surface area (Å²) in [6.07, 6.45) is 3.27. The fourth-order valence-corrected chi connectivity index (χ4v) is 3.29. The molecule has 0 aliphatic heterocycles. The van der Waals surface area contributed by atoms with Gasteiger partial charge in [-0.1, -0.05) is 54.1 Å². The van der Waals surface area contributed by atoms with Crippen LogP contribution in [0.5, 0.6) is 0 Å². The summed E-state index contributed by atoms with van der Waals surface area (Å²) >= 11 is 0. The van der Waals surface area contributed by atoms with E-state index in [4.69, 9.17) is 0 Å². The van der Waals surface area contributed by atoms with E-state index in [2.05, 4.69) is 11.6 Å². The van der Waals surface area contributed by atoms with Crippen LogP contribution in [0, 0.1) is 6.92 Å². The van der Waals surface area contributed by atoms with E-state index in [0.29, 0.717) is 23.4 Å². The zero-order valence-electron chi connectivity index (χ0n) is 15.6. The van der Waals surface area contributed by atoms with E-state index < -0.39 is 5.69 Å². The lowest BCUT2D eigenvalue weighted by molar-refractivity contribution is 0.678. The van der Waals surface area contributed by atoms with Crippen LogP contribution in [0.3, 0.4) is 0 Å². The van der Waals surface area contributed by atoms with E-state index >= 15 is 0 Å². The lowest BCUT2D eigenvalue weighted by Crippen LogP contribution is -2.40. The Kier molecular flexibility index (Phi) is 4.53. The van der Waals surface area contributed by atoms with Crippen molar-refractivity contribution in [2.45, 2.75) is 20.0 Å². The molecule has 0 N–H and O–H groups in total. The Hall–Kier alpha value is -3.67. The van der Waals surface area contributed by atoms with Gasteiger partial charge >= 0.3 is 5.69 Å². The fraction of sp³-hybridized carbons (Fsp3) is 0.136. The second-order valence-electron chi connectivity index (χ2n) is 6.69. The van der Waals surface area contributed by atoms with E-state index in [9.17, 15) is 9.59 Å². The highest BCUT2D eigenvalue weighted by Crippen LogP contribution is 2.14. The van der Waals surface area contributed by atoms with Gasteiger partial charge in [-0.3, -0.25) is 9.36 Å². The fourth-order valence-electron chi connectivity index (χ4n) is 3.29. The number of benzene rings is 2. The third-order valence-electron chi connectivity index (χ3n) is 4.70. The van der Waals surface area contributed by atoms with Crippen molar-refractivity contribution in [1.82, 2.24) is 18.7 Å². The van der Waals surface area contributed by atoms with Gasteiger partial charge in [0.05, 0.1) is 18.6 Å². The lowest BCUT2D eigenvalue weighted by Gasteiger charge is -2.13. The minimum Gasteiger partial charge on any atom is -0.321 e. The van der Waals surface area contributed by atoms with Crippen molar-refractivity contribution in [3.8, 4) is 5.69 Å². The smallest absolute Gasteiger partial charge is 0.321 e. The molecule has 0 atom stereocenters. The van der Waals surface area contributed by atoms with Crippen molar-refractivity contribution in [2.24, 2.45) is 0 Å². The molecule has 4 rings (SSSR count). The van der Waals surface area contributed by atoms with Crippen molar-refractivity contribution in [1.29, 1.82) is 0 Å². The molecular weight excluding hydrogens is 352 g/mol. The Morgan fingerprint density at radius 3 is 2.43 bits per heavy atom. The van der Waals surface area contributed by atoms with Gasteiger partial charge in [0.15, 0.2) is 11.2 Å². The van der Waals surface area contributed by atoms with E-state index in [0.717, 1.165) is 11.1 Å². The maximum absolute atomic E-state index is 13.3. The Labute approximate surface area is 161 Å². The molecule has 0 aliphatic carbocycles. The van der Waals surface area contributed by atoms with Crippen molar-refractivity contribution in [3.05, 3.63) is 106 Å². The summed E-state index contributed by atoms with van der Waals surface area (Å²) in [6.45, 7) is 6.36. The molecule has 0 unspecified atom stereocenters. The zero-order valence-corrected chi connectivity index (χ0v) is 15.6. The summed E-state index contributed by atoms with van der Waals surface area (Å²) in [7, 11) is 0. The molecule has 6 nitrogen and oxygen atoms in total. The molecule has 0 aliphatic rings. The first-order valence-electron chi connectivity index (χ1n) is 9.02. The number of hydrogen-bond acceptors (Lipinski definition) is 3. The van der Waals surface area contributed by atoms with Gasteiger partial charge in [-0.05, 0) is 24.6 Å². The van der Waals surface area contributed by atoms with Crippen LogP contribution >= 0.6 is 0 Å². The van der Waals surface area contributed by atoms with Crippen molar-refractivity contribution in [2.75, 3.05) is 0 Å². The van der Waals surface area contributed by atoms with E-state index in [-0.39, 0.29) is 12.1 Å². The highest BCUT2D eigenvalue weighted by molar-refractivity contribution is 5.72. The van der Waals surface area contributed by atoms with Gasteiger partial charge in [0.25, 0.3) is 5.56 Å². The van der Waals surface area contributed by atoms with E-state index in [1.54, 1.807) is 17.0 Å². The number of hydrogen-bond donors (Lipinski definition) is 0. The molecule has 0 saturated carbocycles. The molecule has 2 heterocycles. The summed E-state index contributed by atoms with van der Waals surface area (Å²) in [6, 6.07) is 17.1. The van der Waals surface area contributed by atoms with Gasteiger partial charge in [0.2, 0.25) is 0 Å². The average Bonchev–Trinajstić information content (AvgIpc) is 3.11. The van der Waals surface area contributed by atoms with Crippen LogP contribution in [0.1, 0.15) is 11.1 Å². The first-order valence-corrected chi connectivity index (χ1v) is 9.02. The highest BCUT2D eigenvalue weighted by atomic mass is 16.2. The maximum atomic E-state index is 13.3. The topological polar surface area (TPSA) is 61.8 Å². The van der Waals surface area contributed by atoms with Gasteiger partial charge in [-0.2, -0.15) is 0 Å². The van der Waals surface area contributed by atoms with Gasteiger partial charge in [0, 0.05) is 6.54 Å². The highest BCUT2D eigenvalue weighted by Gasteiger charge is 2.19.